The molecule has 160 valence electrons. The molecule has 0 radical (unpaired) electrons. The van der Waals surface area contributed by atoms with Gasteiger partial charge in [-0.3, -0.25) is 4.90 Å². The van der Waals surface area contributed by atoms with E-state index in [4.69, 9.17) is 9.88 Å². The molecule has 2 amide bonds. The summed E-state index contributed by atoms with van der Waals surface area (Å²) in [4.78, 5) is 22.4. The van der Waals surface area contributed by atoms with Crippen LogP contribution < -0.4 is 20.1 Å². The van der Waals surface area contributed by atoms with Crippen LogP contribution in [-0.4, -0.2) is 31.5 Å². The Hall–Kier alpha value is -3.57. The zero-order valence-electron chi connectivity index (χ0n) is 16.4. The molecule has 0 fully saturated rings. The van der Waals surface area contributed by atoms with Crippen molar-refractivity contribution in [2.24, 2.45) is 5.14 Å². The molecule has 0 atom stereocenters. The molecular weight excluding hydrogens is 425 g/mol. The van der Waals surface area contributed by atoms with E-state index in [-0.39, 0.29) is 29.5 Å². The number of fused-ring (bicyclic) bond motifs is 3. The van der Waals surface area contributed by atoms with Gasteiger partial charge in [-0.25, -0.2) is 27.7 Å². The van der Waals surface area contributed by atoms with Gasteiger partial charge in [0.25, 0.3) is 5.88 Å². The average Bonchev–Trinajstić information content (AvgIpc) is 2.74. The van der Waals surface area contributed by atoms with Gasteiger partial charge in [-0.15, -0.1) is 0 Å². The fourth-order valence-electron chi connectivity index (χ4n) is 3.52. The van der Waals surface area contributed by atoms with Crippen LogP contribution in [0.4, 0.5) is 14.9 Å². The molecule has 1 aliphatic heterocycles. The number of aromatic nitrogens is 2. The summed E-state index contributed by atoms with van der Waals surface area (Å²) >= 11 is 0. The highest BCUT2D eigenvalue weighted by Crippen LogP contribution is 2.34. The molecule has 1 aromatic carbocycles. The van der Waals surface area contributed by atoms with Gasteiger partial charge in [0.2, 0.25) is 10.0 Å². The van der Waals surface area contributed by atoms with Crippen molar-refractivity contribution in [3.05, 3.63) is 59.5 Å². The van der Waals surface area contributed by atoms with Crippen molar-refractivity contribution in [2.45, 2.75) is 18.0 Å². The minimum atomic E-state index is -3.93. The molecule has 0 bridgehead atoms. The molecule has 0 saturated carbocycles. The van der Waals surface area contributed by atoms with Gasteiger partial charge >= 0.3 is 6.03 Å². The number of methoxy groups -OCH3 is 1. The van der Waals surface area contributed by atoms with E-state index in [9.17, 15) is 17.6 Å². The Bertz CT molecular complexity index is 1340. The Morgan fingerprint density at radius 1 is 1.39 bits per heavy atom. The van der Waals surface area contributed by atoms with Crippen LogP contribution in [0.1, 0.15) is 16.7 Å². The number of carbonyl (C=O) groups is 1. The number of anilines is 1. The summed E-state index contributed by atoms with van der Waals surface area (Å²) in [6.07, 6.45) is 2.94. The number of pyridine rings is 2. The van der Waals surface area contributed by atoms with Gasteiger partial charge in [-0.1, -0.05) is 18.7 Å². The van der Waals surface area contributed by atoms with E-state index in [1.54, 1.807) is 18.3 Å². The lowest BCUT2D eigenvalue weighted by Crippen LogP contribution is -2.44. The van der Waals surface area contributed by atoms with E-state index < -0.39 is 21.9 Å². The van der Waals surface area contributed by atoms with Gasteiger partial charge in [0, 0.05) is 23.7 Å². The zero-order chi connectivity index (χ0) is 22.3. The fourth-order valence-corrected chi connectivity index (χ4v) is 4.24. The third kappa shape index (κ3) is 3.68. The number of benzene rings is 1. The first-order valence-electron chi connectivity index (χ1n) is 9.08. The summed E-state index contributed by atoms with van der Waals surface area (Å²) in [7, 11) is -2.63. The van der Waals surface area contributed by atoms with Crippen LogP contribution in [0.3, 0.4) is 0 Å². The lowest BCUT2D eigenvalue weighted by atomic mass is 10.1. The van der Waals surface area contributed by atoms with Gasteiger partial charge in [0.15, 0.2) is 11.5 Å². The second kappa shape index (κ2) is 7.60. The van der Waals surface area contributed by atoms with Crippen molar-refractivity contribution in [2.75, 3.05) is 12.0 Å². The van der Waals surface area contributed by atoms with Crippen LogP contribution in [0, 0.1) is 5.82 Å². The standard InChI is InChI=1S/C20H18FN5O4S/c1-3-12-6-11(4-5-16(12)31(22,28)29)10-26-17-13(9-24-20(26)27)8-23-18-14(17)7-15(21)19(25-18)30-2/h3-8H,1,9-10H2,2H3,(H,24,27)(H2,22,28,29). The fraction of sp³-hybridized carbons (Fsp3) is 0.150. The Kier molecular flexibility index (Phi) is 5.07. The van der Waals surface area contributed by atoms with E-state index in [1.165, 1.54) is 30.2 Å². The molecule has 3 N–H and O–H groups in total. The lowest BCUT2D eigenvalue weighted by Gasteiger charge is -2.31. The van der Waals surface area contributed by atoms with Gasteiger partial charge in [-0.05, 0) is 29.3 Å². The van der Waals surface area contributed by atoms with E-state index >= 15 is 0 Å². The minimum absolute atomic E-state index is 0.0669. The molecule has 2 aromatic heterocycles. The van der Waals surface area contributed by atoms with Crippen molar-refractivity contribution >= 4 is 38.9 Å². The summed E-state index contributed by atoms with van der Waals surface area (Å²) in [6, 6.07) is 5.34. The Balaban J connectivity index is 1.83. The smallest absolute Gasteiger partial charge is 0.322 e. The largest absolute Gasteiger partial charge is 0.479 e. The van der Waals surface area contributed by atoms with Gasteiger partial charge in [0.05, 0.1) is 24.2 Å². The molecule has 4 rings (SSSR count). The molecule has 0 saturated heterocycles. The lowest BCUT2D eigenvalue weighted by molar-refractivity contribution is 0.244. The topological polar surface area (TPSA) is 128 Å². The van der Waals surface area contributed by atoms with Crippen molar-refractivity contribution in [1.82, 2.24) is 15.3 Å². The molecule has 31 heavy (non-hydrogen) atoms. The number of amides is 2. The molecule has 0 aliphatic carbocycles. The van der Waals surface area contributed by atoms with Gasteiger partial charge in [0.1, 0.15) is 0 Å². The number of rotatable bonds is 5. The average molecular weight is 443 g/mol. The van der Waals surface area contributed by atoms with Gasteiger partial charge < -0.3 is 10.1 Å². The third-order valence-corrected chi connectivity index (χ3v) is 5.89. The number of primary sulfonamides is 1. The second-order valence-corrected chi connectivity index (χ2v) is 8.38. The number of hydrogen-bond donors (Lipinski definition) is 2. The summed E-state index contributed by atoms with van der Waals surface area (Å²) < 4.78 is 42.8. The summed E-state index contributed by atoms with van der Waals surface area (Å²) in [5, 5.41) is 8.35. The molecule has 0 spiro atoms. The molecule has 3 aromatic rings. The molecule has 3 heterocycles. The van der Waals surface area contributed by atoms with Gasteiger partial charge in [-0.2, -0.15) is 4.98 Å². The normalized spacial score (nSPS) is 13.6. The van der Waals surface area contributed by atoms with Crippen molar-refractivity contribution in [3.63, 3.8) is 0 Å². The van der Waals surface area contributed by atoms with Crippen molar-refractivity contribution < 1.29 is 22.3 Å². The number of nitrogens with one attached hydrogen (secondary N) is 1. The van der Waals surface area contributed by atoms with E-state index in [2.05, 4.69) is 21.9 Å². The molecule has 1 aliphatic rings. The highest BCUT2D eigenvalue weighted by atomic mass is 32.2. The highest BCUT2D eigenvalue weighted by molar-refractivity contribution is 7.89. The van der Waals surface area contributed by atoms with E-state index in [0.717, 1.165) is 0 Å². The van der Waals surface area contributed by atoms with E-state index in [0.29, 0.717) is 27.8 Å². The number of ether oxygens (including phenoxy) is 1. The first-order valence-corrected chi connectivity index (χ1v) is 10.6. The van der Waals surface area contributed by atoms with Crippen LogP contribution in [0.15, 0.2) is 41.9 Å². The number of urea groups is 1. The van der Waals surface area contributed by atoms with Crippen LogP contribution in [0.5, 0.6) is 5.88 Å². The maximum atomic E-state index is 14.4. The first kappa shape index (κ1) is 20.7. The predicted molar refractivity (Wildman–Crippen MR) is 112 cm³/mol. The number of sulfonamides is 1. The Labute approximate surface area is 177 Å². The summed E-state index contributed by atoms with van der Waals surface area (Å²) in [5.74, 6) is -0.872. The molecule has 9 nitrogen and oxygen atoms in total. The third-order valence-electron chi connectivity index (χ3n) is 4.91. The maximum Gasteiger partial charge on any atom is 0.322 e. The number of nitrogens with zero attached hydrogens (tertiary/aromatic N) is 3. The zero-order valence-corrected chi connectivity index (χ0v) is 17.2. The number of halogens is 1. The van der Waals surface area contributed by atoms with Crippen LogP contribution in [-0.2, 0) is 23.1 Å². The Morgan fingerprint density at radius 3 is 2.84 bits per heavy atom. The Morgan fingerprint density at radius 2 is 2.16 bits per heavy atom. The summed E-state index contributed by atoms with van der Waals surface area (Å²) in [6.45, 7) is 3.93. The van der Waals surface area contributed by atoms with E-state index in [1.807, 2.05) is 0 Å². The van der Waals surface area contributed by atoms with Crippen LogP contribution in [0.2, 0.25) is 0 Å². The molecule has 11 heteroatoms. The van der Waals surface area contributed by atoms with Crippen LogP contribution >= 0.6 is 0 Å². The highest BCUT2D eigenvalue weighted by Gasteiger charge is 2.28. The molecular formula is C20H18FN5O4S. The number of carbonyl (C=O) groups excluding carboxylic acids is 1. The quantitative estimate of drug-likeness (QED) is 0.623. The number of hydrogen-bond acceptors (Lipinski definition) is 6. The monoisotopic (exact) mass is 443 g/mol. The predicted octanol–water partition coefficient (Wildman–Crippen LogP) is 2.30. The summed E-state index contributed by atoms with van der Waals surface area (Å²) in [5.41, 5.74) is 2.32. The van der Waals surface area contributed by atoms with Crippen LogP contribution in [0.25, 0.3) is 17.1 Å². The second-order valence-electron chi connectivity index (χ2n) is 6.85. The van der Waals surface area contributed by atoms with Crippen molar-refractivity contribution in [3.8, 4) is 5.88 Å². The number of nitrogens with two attached hydrogens (primary N) is 1. The molecule has 0 unspecified atom stereocenters. The SMILES string of the molecule is C=Cc1cc(CN2C(=O)NCc3cnc4nc(OC)c(F)cc4c32)ccc1S(N)(=O)=O. The first-order chi connectivity index (χ1) is 14.7. The maximum absolute atomic E-state index is 14.4. The van der Waals surface area contributed by atoms with Crippen molar-refractivity contribution in [1.29, 1.82) is 0 Å². The minimum Gasteiger partial charge on any atom is -0.479 e.